The number of fused-ring (bicyclic) bond motifs is 1. The van der Waals surface area contributed by atoms with Gasteiger partial charge in [-0.2, -0.15) is 15.5 Å². The van der Waals surface area contributed by atoms with Gasteiger partial charge in [0.05, 0.1) is 33.6 Å². The van der Waals surface area contributed by atoms with Crippen LogP contribution in [0.1, 0.15) is 24.6 Å². The van der Waals surface area contributed by atoms with Crippen molar-refractivity contribution in [2.75, 3.05) is 0 Å². The van der Waals surface area contributed by atoms with Gasteiger partial charge in [0.15, 0.2) is 5.82 Å². The van der Waals surface area contributed by atoms with E-state index in [1.165, 1.54) is 10.7 Å². The molecule has 1 aliphatic carbocycles. The van der Waals surface area contributed by atoms with Crippen molar-refractivity contribution in [3.05, 3.63) is 62.9 Å². The molecule has 0 saturated heterocycles. The summed E-state index contributed by atoms with van der Waals surface area (Å²) in [5.74, 6) is -0.136. The maximum atomic E-state index is 15.5. The number of ether oxygens (including phenoxy) is 1. The largest absolute Gasteiger partial charge is 0.489 e. The van der Waals surface area contributed by atoms with Crippen LogP contribution in [0.3, 0.4) is 0 Å². The zero-order valence-electron chi connectivity index (χ0n) is 18.4. The maximum Gasteiger partial charge on any atom is 0.272 e. The molecule has 0 unspecified atom stereocenters. The lowest BCUT2D eigenvalue weighted by Crippen LogP contribution is -2.13. The molecule has 3 N–H and O–H groups in total. The fourth-order valence-electron chi connectivity index (χ4n) is 4.13. The van der Waals surface area contributed by atoms with E-state index in [2.05, 4.69) is 21.4 Å². The van der Waals surface area contributed by atoms with Gasteiger partial charge in [-0.1, -0.05) is 24.6 Å². The highest BCUT2D eigenvalue weighted by molar-refractivity contribution is 6.31. The van der Waals surface area contributed by atoms with Gasteiger partial charge in [0.1, 0.15) is 23.5 Å². The van der Waals surface area contributed by atoms with E-state index in [1.54, 1.807) is 31.4 Å². The summed E-state index contributed by atoms with van der Waals surface area (Å²) >= 11 is 6.24. The third-order valence-electron chi connectivity index (χ3n) is 6.16. The second-order valence-corrected chi connectivity index (χ2v) is 8.80. The van der Waals surface area contributed by atoms with Gasteiger partial charge in [-0.05, 0) is 30.0 Å². The van der Waals surface area contributed by atoms with E-state index in [4.69, 9.17) is 22.1 Å². The second-order valence-electron chi connectivity index (χ2n) is 8.40. The molecule has 0 amide bonds. The van der Waals surface area contributed by atoms with Crippen LogP contribution in [-0.4, -0.2) is 26.1 Å². The lowest BCUT2D eigenvalue weighted by atomic mass is 9.95. The standard InChI is InChI=1S/C24H20ClFN6O2/c1-11-5-19(11)34-20-7-17(25)22(26)21(15(20)8-27)23-16(10-29-32(23)2)12-3-4-13-14(6-12)18(9-28)30-31-24(13)33/h3-4,6-7,10-11,19H,5,9,28H2,1-2H3,(H,31,33)/t11-,19+/m1/s1. The minimum Gasteiger partial charge on any atom is -0.489 e. The van der Waals surface area contributed by atoms with E-state index >= 15 is 4.39 Å². The summed E-state index contributed by atoms with van der Waals surface area (Å²) < 4.78 is 22.9. The van der Waals surface area contributed by atoms with Gasteiger partial charge >= 0.3 is 0 Å². The Morgan fingerprint density at radius 1 is 1.38 bits per heavy atom. The summed E-state index contributed by atoms with van der Waals surface area (Å²) in [6.07, 6.45) is 2.40. The van der Waals surface area contributed by atoms with Gasteiger partial charge in [-0.3, -0.25) is 9.48 Å². The normalized spacial score (nSPS) is 17.1. The third kappa shape index (κ3) is 3.52. The van der Waals surface area contributed by atoms with Crippen LogP contribution < -0.4 is 16.0 Å². The maximum absolute atomic E-state index is 15.5. The Hall–Kier alpha value is -3.74. The van der Waals surface area contributed by atoms with Crippen molar-refractivity contribution in [2.45, 2.75) is 26.0 Å². The molecule has 2 aromatic carbocycles. The molecule has 2 atom stereocenters. The molecule has 8 nitrogen and oxygen atoms in total. The Balaban J connectivity index is 1.74. The molecule has 0 radical (unpaired) electrons. The van der Waals surface area contributed by atoms with Crippen LogP contribution in [0, 0.1) is 23.1 Å². The second kappa shape index (κ2) is 8.24. The first kappa shape index (κ1) is 22.1. The Kier molecular flexibility index (Phi) is 5.35. The van der Waals surface area contributed by atoms with Crippen molar-refractivity contribution in [3.8, 4) is 34.2 Å². The fourth-order valence-corrected chi connectivity index (χ4v) is 4.33. The van der Waals surface area contributed by atoms with Crippen LogP contribution >= 0.6 is 11.6 Å². The number of nitriles is 1. The number of benzene rings is 2. The van der Waals surface area contributed by atoms with E-state index in [0.29, 0.717) is 39.2 Å². The average molecular weight is 479 g/mol. The highest BCUT2D eigenvalue weighted by atomic mass is 35.5. The first-order valence-electron chi connectivity index (χ1n) is 10.7. The third-order valence-corrected chi connectivity index (χ3v) is 6.43. The number of halogens is 2. The minimum atomic E-state index is -0.735. The van der Waals surface area contributed by atoms with E-state index in [-0.39, 0.29) is 40.1 Å². The van der Waals surface area contributed by atoms with Crippen LogP contribution in [0.15, 0.2) is 35.3 Å². The van der Waals surface area contributed by atoms with E-state index in [1.807, 2.05) is 6.92 Å². The number of aromatic nitrogens is 4. The number of H-pyrrole nitrogens is 1. The fraction of sp³-hybridized carbons (Fsp3) is 0.250. The highest BCUT2D eigenvalue weighted by Crippen LogP contribution is 2.43. The molecule has 0 bridgehead atoms. The molecule has 2 heterocycles. The Morgan fingerprint density at radius 2 is 2.15 bits per heavy atom. The number of rotatable bonds is 5. The quantitative estimate of drug-likeness (QED) is 0.448. The summed E-state index contributed by atoms with van der Waals surface area (Å²) in [6, 6.07) is 8.59. The van der Waals surface area contributed by atoms with Crippen LogP contribution in [0.5, 0.6) is 5.75 Å². The summed E-state index contributed by atoms with van der Waals surface area (Å²) in [4.78, 5) is 12.2. The van der Waals surface area contributed by atoms with Gasteiger partial charge in [0.2, 0.25) is 0 Å². The summed E-state index contributed by atoms with van der Waals surface area (Å²) in [5.41, 5.74) is 7.61. The molecule has 1 saturated carbocycles. The van der Waals surface area contributed by atoms with Gasteiger partial charge < -0.3 is 10.5 Å². The van der Waals surface area contributed by atoms with Gasteiger partial charge in [-0.15, -0.1) is 0 Å². The monoisotopic (exact) mass is 478 g/mol. The number of hydrogen-bond donors (Lipinski definition) is 2. The molecule has 10 heteroatoms. The Labute approximate surface area is 198 Å². The number of nitrogens with two attached hydrogens (primary N) is 1. The van der Waals surface area contributed by atoms with E-state index in [9.17, 15) is 10.1 Å². The van der Waals surface area contributed by atoms with Crippen LogP contribution in [-0.2, 0) is 13.6 Å². The van der Waals surface area contributed by atoms with Crippen molar-refractivity contribution < 1.29 is 9.13 Å². The molecule has 0 aliphatic heterocycles. The van der Waals surface area contributed by atoms with Crippen LogP contribution in [0.2, 0.25) is 5.02 Å². The SMILES string of the molecule is C[C@@H]1C[C@@H]1Oc1cc(Cl)c(F)c(-c2c(-c3ccc4c(=O)[nH]nc(CN)c4c3)cnn2C)c1C#N. The molecular formula is C24H20ClFN6O2. The molecule has 1 aliphatic rings. The number of nitrogens with zero attached hydrogens (tertiary/aromatic N) is 4. The predicted octanol–water partition coefficient (Wildman–Crippen LogP) is 3.90. The minimum absolute atomic E-state index is 0.0106. The zero-order valence-corrected chi connectivity index (χ0v) is 19.2. The zero-order chi connectivity index (χ0) is 24.1. The number of hydrogen-bond acceptors (Lipinski definition) is 6. The summed E-state index contributed by atoms with van der Waals surface area (Å²) in [6.45, 7) is 2.16. The van der Waals surface area contributed by atoms with Gasteiger partial charge in [0, 0.05) is 30.6 Å². The molecular weight excluding hydrogens is 459 g/mol. The molecule has 5 rings (SSSR count). The van der Waals surface area contributed by atoms with E-state index < -0.39 is 5.82 Å². The highest BCUT2D eigenvalue weighted by Gasteiger charge is 2.36. The van der Waals surface area contributed by atoms with Gasteiger partial charge in [-0.25, -0.2) is 9.49 Å². The number of aromatic amines is 1. The van der Waals surface area contributed by atoms with E-state index in [0.717, 1.165) is 6.42 Å². The van der Waals surface area contributed by atoms with Crippen LogP contribution in [0.4, 0.5) is 4.39 Å². The Bertz CT molecular complexity index is 1550. The predicted molar refractivity (Wildman–Crippen MR) is 126 cm³/mol. The summed E-state index contributed by atoms with van der Waals surface area (Å²) in [5, 5.41) is 21.6. The molecule has 4 aromatic rings. The summed E-state index contributed by atoms with van der Waals surface area (Å²) in [7, 11) is 1.66. The van der Waals surface area contributed by atoms with Crippen LogP contribution in [0.25, 0.3) is 33.2 Å². The number of nitrogens with one attached hydrogen (secondary N) is 1. The Morgan fingerprint density at radius 3 is 2.82 bits per heavy atom. The van der Waals surface area contributed by atoms with Crippen molar-refractivity contribution >= 4 is 22.4 Å². The van der Waals surface area contributed by atoms with Crippen molar-refractivity contribution in [1.29, 1.82) is 5.26 Å². The molecule has 172 valence electrons. The molecule has 0 spiro atoms. The topological polar surface area (TPSA) is 123 Å². The molecule has 1 fully saturated rings. The lowest BCUT2D eigenvalue weighted by molar-refractivity contribution is 0.287. The first-order chi connectivity index (χ1) is 16.3. The first-order valence-corrected chi connectivity index (χ1v) is 11.0. The van der Waals surface area contributed by atoms with Crippen molar-refractivity contribution in [2.24, 2.45) is 18.7 Å². The average Bonchev–Trinajstić information content (AvgIpc) is 3.39. The lowest BCUT2D eigenvalue weighted by Gasteiger charge is -2.15. The van der Waals surface area contributed by atoms with Crippen molar-refractivity contribution in [3.63, 3.8) is 0 Å². The van der Waals surface area contributed by atoms with Crippen molar-refractivity contribution in [1.82, 2.24) is 20.0 Å². The van der Waals surface area contributed by atoms with Gasteiger partial charge in [0.25, 0.3) is 5.56 Å². The molecule has 34 heavy (non-hydrogen) atoms. The smallest absolute Gasteiger partial charge is 0.272 e. The number of aryl methyl sites for hydroxylation is 1. The molecule has 2 aromatic heterocycles.